The van der Waals surface area contributed by atoms with Crippen molar-refractivity contribution in [1.82, 2.24) is 4.98 Å². The fourth-order valence-electron chi connectivity index (χ4n) is 3.02. The zero-order valence-electron chi connectivity index (χ0n) is 15.5. The maximum absolute atomic E-state index is 12.6. The van der Waals surface area contributed by atoms with Gasteiger partial charge in [-0.3, -0.25) is 4.79 Å². The van der Waals surface area contributed by atoms with Gasteiger partial charge in [-0.1, -0.05) is 36.4 Å². The number of hydrogen-bond acceptors (Lipinski definition) is 4. The highest BCUT2D eigenvalue weighted by Gasteiger charge is 2.12. The van der Waals surface area contributed by atoms with Crippen molar-refractivity contribution in [1.29, 1.82) is 0 Å². The average Bonchev–Trinajstić information content (AvgIpc) is 3.14. The van der Waals surface area contributed by atoms with Crippen molar-refractivity contribution in [3.8, 4) is 16.3 Å². The predicted octanol–water partition coefficient (Wildman–Crippen LogP) is 5.54. The zero-order chi connectivity index (χ0) is 19.3. The summed E-state index contributed by atoms with van der Waals surface area (Å²) in [5, 5.41) is 3.94. The van der Waals surface area contributed by atoms with Gasteiger partial charge in [0.15, 0.2) is 0 Å². The third kappa shape index (κ3) is 4.05. The lowest BCUT2D eigenvalue weighted by molar-refractivity contribution is -0.115. The second-order valence-corrected chi connectivity index (χ2v) is 7.36. The highest BCUT2D eigenvalue weighted by molar-refractivity contribution is 7.21. The molecule has 1 aromatic heterocycles. The van der Waals surface area contributed by atoms with Gasteiger partial charge in [-0.2, -0.15) is 0 Å². The molecule has 0 radical (unpaired) electrons. The third-order valence-electron chi connectivity index (χ3n) is 4.32. The number of nitrogens with zero attached hydrogens (tertiary/aromatic N) is 1. The van der Waals surface area contributed by atoms with Crippen LogP contribution in [0.4, 0.5) is 5.69 Å². The number of nitrogens with one attached hydrogen (secondary N) is 1. The number of fused-ring (bicyclic) bond motifs is 1. The van der Waals surface area contributed by atoms with E-state index in [0.29, 0.717) is 13.0 Å². The number of aromatic nitrogens is 1. The predicted molar refractivity (Wildman–Crippen MR) is 115 cm³/mol. The molecule has 140 valence electrons. The van der Waals surface area contributed by atoms with Crippen LogP contribution in [0.5, 0.6) is 5.75 Å². The molecule has 4 rings (SSSR count). The molecule has 0 saturated carbocycles. The third-order valence-corrected chi connectivity index (χ3v) is 5.39. The Morgan fingerprint density at radius 1 is 1.00 bits per heavy atom. The minimum atomic E-state index is -0.0577. The Morgan fingerprint density at radius 2 is 1.75 bits per heavy atom. The van der Waals surface area contributed by atoms with Crippen molar-refractivity contribution < 1.29 is 9.53 Å². The molecule has 0 bridgehead atoms. The molecule has 28 heavy (non-hydrogen) atoms. The van der Waals surface area contributed by atoms with Crippen molar-refractivity contribution in [2.75, 3.05) is 11.9 Å². The van der Waals surface area contributed by atoms with E-state index in [-0.39, 0.29) is 5.91 Å². The molecule has 4 nitrogen and oxygen atoms in total. The van der Waals surface area contributed by atoms with E-state index >= 15 is 0 Å². The molecule has 1 amide bonds. The smallest absolute Gasteiger partial charge is 0.228 e. The number of benzene rings is 3. The van der Waals surface area contributed by atoms with Crippen molar-refractivity contribution in [3.63, 3.8) is 0 Å². The zero-order valence-corrected chi connectivity index (χ0v) is 16.3. The maximum Gasteiger partial charge on any atom is 0.228 e. The van der Waals surface area contributed by atoms with Crippen LogP contribution in [-0.2, 0) is 11.2 Å². The average molecular weight is 388 g/mol. The van der Waals surface area contributed by atoms with E-state index in [1.54, 1.807) is 11.3 Å². The summed E-state index contributed by atoms with van der Waals surface area (Å²) in [6, 6.07) is 23.5. The Morgan fingerprint density at radius 3 is 2.54 bits per heavy atom. The number of hydrogen-bond donors (Lipinski definition) is 1. The molecular weight excluding hydrogens is 368 g/mol. The van der Waals surface area contributed by atoms with Crippen LogP contribution in [0.2, 0.25) is 0 Å². The van der Waals surface area contributed by atoms with E-state index in [1.807, 2.05) is 73.7 Å². The quantitative estimate of drug-likeness (QED) is 0.472. The Balaban J connectivity index is 1.52. The fourth-order valence-corrected chi connectivity index (χ4v) is 4.02. The van der Waals surface area contributed by atoms with Crippen LogP contribution in [0.25, 0.3) is 20.8 Å². The molecule has 0 atom stereocenters. The molecule has 3 aromatic carbocycles. The lowest BCUT2D eigenvalue weighted by Gasteiger charge is -2.10. The first-order chi connectivity index (χ1) is 13.7. The van der Waals surface area contributed by atoms with E-state index in [4.69, 9.17) is 9.72 Å². The summed E-state index contributed by atoms with van der Waals surface area (Å²) in [5.74, 6) is 0.755. The van der Waals surface area contributed by atoms with Crippen molar-refractivity contribution in [2.45, 2.75) is 13.3 Å². The van der Waals surface area contributed by atoms with Crippen LogP contribution < -0.4 is 10.1 Å². The van der Waals surface area contributed by atoms with Gasteiger partial charge in [0, 0.05) is 5.56 Å². The summed E-state index contributed by atoms with van der Waals surface area (Å²) < 4.78 is 6.58. The summed E-state index contributed by atoms with van der Waals surface area (Å²) in [5.41, 5.74) is 3.62. The van der Waals surface area contributed by atoms with E-state index in [1.165, 1.54) is 0 Å². The Hall–Kier alpha value is -3.18. The van der Waals surface area contributed by atoms with Gasteiger partial charge in [0.05, 0.1) is 28.9 Å². The molecule has 0 aliphatic heterocycles. The first-order valence-electron chi connectivity index (χ1n) is 9.19. The summed E-state index contributed by atoms with van der Waals surface area (Å²) in [7, 11) is 0. The summed E-state index contributed by atoms with van der Waals surface area (Å²) >= 11 is 1.63. The number of ether oxygens (including phenoxy) is 1. The molecule has 0 aliphatic carbocycles. The molecule has 1 N–H and O–H groups in total. The second kappa shape index (κ2) is 8.23. The lowest BCUT2D eigenvalue weighted by atomic mass is 10.1. The highest BCUT2D eigenvalue weighted by atomic mass is 32.1. The van der Waals surface area contributed by atoms with Crippen LogP contribution in [0.15, 0.2) is 72.8 Å². The van der Waals surface area contributed by atoms with Gasteiger partial charge in [-0.15, -0.1) is 11.3 Å². The number of rotatable bonds is 6. The molecule has 0 aliphatic rings. The molecule has 4 aromatic rings. The van der Waals surface area contributed by atoms with Gasteiger partial charge >= 0.3 is 0 Å². The van der Waals surface area contributed by atoms with E-state index in [9.17, 15) is 4.79 Å². The van der Waals surface area contributed by atoms with Crippen LogP contribution in [0, 0.1) is 0 Å². The number of thiazole rings is 1. The van der Waals surface area contributed by atoms with Gasteiger partial charge in [-0.05, 0) is 48.9 Å². The molecule has 5 heteroatoms. The van der Waals surface area contributed by atoms with Crippen LogP contribution in [-0.4, -0.2) is 17.5 Å². The van der Waals surface area contributed by atoms with E-state index < -0.39 is 0 Å². The first kappa shape index (κ1) is 18.2. The second-order valence-electron chi connectivity index (χ2n) is 6.33. The first-order valence-corrected chi connectivity index (χ1v) is 10.0. The van der Waals surface area contributed by atoms with Gasteiger partial charge in [0.1, 0.15) is 10.8 Å². The van der Waals surface area contributed by atoms with Gasteiger partial charge in [0.25, 0.3) is 0 Å². The van der Waals surface area contributed by atoms with Crippen molar-refractivity contribution >= 4 is 33.1 Å². The Kier molecular flexibility index (Phi) is 5.35. The monoisotopic (exact) mass is 388 g/mol. The normalized spacial score (nSPS) is 10.8. The number of para-hydroxylation sites is 2. The molecule has 1 heterocycles. The summed E-state index contributed by atoms with van der Waals surface area (Å²) in [6.07, 6.45) is 0.306. The van der Waals surface area contributed by atoms with Crippen LogP contribution >= 0.6 is 11.3 Å². The Labute approximate surface area is 167 Å². The largest absolute Gasteiger partial charge is 0.494 e. The van der Waals surface area contributed by atoms with Crippen molar-refractivity contribution in [2.24, 2.45) is 0 Å². The summed E-state index contributed by atoms with van der Waals surface area (Å²) in [4.78, 5) is 17.3. The standard InChI is InChI=1S/C23H20N2O2S/c1-2-27-17-13-11-16(12-14-17)15-22(26)24-19-8-4-3-7-18(19)23-25-20-9-5-6-10-21(20)28-23/h3-14H,2,15H2,1H3,(H,24,26). The fraction of sp³-hybridized carbons (Fsp3) is 0.130. The molecule has 0 fully saturated rings. The molecule has 0 unspecified atom stereocenters. The lowest BCUT2D eigenvalue weighted by Crippen LogP contribution is -2.15. The van der Waals surface area contributed by atoms with Gasteiger partial charge in [-0.25, -0.2) is 4.98 Å². The minimum Gasteiger partial charge on any atom is -0.494 e. The van der Waals surface area contributed by atoms with Crippen LogP contribution in [0.3, 0.4) is 0 Å². The maximum atomic E-state index is 12.6. The Bertz CT molecular complexity index is 1070. The summed E-state index contributed by atoms with van der Waals surface area (Å²) in [6.45, 7) is 2.58. The number of carbonyl (C=O) groups is 1. The van der Waals surface area contributed by atoms with Gasteiger partial charge in [0.2, 0.25) is 5.91 Å². The van der Waals surface area contributed by atoms with Crippen LogP contribution in [0.1, 0.15) is 12.5 Å². The van der Waals surface area contributed by atoms with E-state index in [2.05, 4.69) is 11.4 Å². The molecule has 0 saturated heterocycles. The van der Waals surface area contributed by atoms with Gasteiger partial charge < -0.3 is 10.1 Å². The minimum absolute atomic E-state index is 0.0577. The number of anilines is 1. The highest BCUT2D eigenvalue weighted by Crippen LogP contribution is 2.34. The van der Waals surface area contributed by atoms with Crippen molar-refractivity contribution in [3.05, 3.63) is 78.4 Å². The number of amides is 1. The molecular formula is C23H20N2O2S. The molecule has 0 spiro atoms. The SMILES string of the molecule is CCOc1ccc(CC(=O)Nc2ccccc2-c2nc3ccccc3s2)cc1. The number of carbonyl (C=O) groups excluding carboxylic acids is 1. The van der Waals surface area contributed by atoms with E-state index in [0.717, 1.165) is 37.8 Å². The topological polar surface area (TPSA) is 51.2 Å².